The van der Waals surface area contributed by atoms with Crippen LogP contribution in [0.1, 0.15) is 51.0 Å². The topological polar surface area (TPSA) is 77.8 Å². The molecule has 0 saturated carbocycles. The van der Waals surface area contributed by atoms with Crippen molar-refractivity contribution in [3.05, 3.63) is 48.0 Å². The molecule has 1 amide bonds. The van der Waals surface area contributed by atoms with Crippen LogP contribution in [0.5, 0.6) is 0 Å². The average molecular weight is 434 g/mol. The van der Waals surface area contributed by atoms with Crippen molar-refractivity contribution >= 4 is 23.6 Å². The number of aliphatic hydroxyl groups excluding tert-OH is 1. The summed E-state index contributed by atoms with van der Waals surface area (Å²) in [7, 11) is 0. The minimum atomic E-state index is -0.761. The molecule has 5 nitrogen and oxygen atoms in total. The summed E-state index contributed by atoms with van der Waals surface area (Å²) in [4.78, 5) is 24.6. The molecule has 1 heterocycles. The van der Waals surface area contributed by atoms with Crippen LogP contribution in [-0.2, 0) is 16.0 Å². The number of nitrogens with zero attached hydrogens (tertiary/aromatic N) is 1. The van der Waals surface area contributed by atoms with Crippen LogP contribution in [0.15, 0.2) is 42.5 Å². The molecule has 0 radical (unpaired) electrons. The van der Waals surface area contributed by atoms with Gasteiger partial charge in [-0.15, -0.1) is 0 Å². The summed E-state index contributed by atoms with van der Waals surface area (Å²) in [6.45, 7) is 2.75. The lowest BCUT2D eigenvalue weighted by molar-refractivity contribution is -0.137. The number of aryl methyl sites for hydroxylation is 1. The van der Waals surface area contributed by atoms with Crippen LogP contribution in [-0.4, -0.2) is 57.2 Å². The Morgan fingerprint density at radius 2 is 2.03 bits per heavy atom. The second-order valence-electron chi connectivity index (χ2n) is 8.03. The summed E-state index contributed by atoms with van der Waals surface area (Å²) in [6.07, 6.45) is 8.61. The Hall–Kier alpha value is -1.79. The fourth-order valence-electron chi connectivity index (χ4n) is 3.71. The van der Waals surface area contributed by atoms with Gasteiger partial charge >= 0.3 is 5.97 Å². The fraction of sp³-hybridized carbons (Fsp3) is 0.583. The molecule has 0 spiro atoms. The summed E-state index contributed by atoms with van der Waals surface area (Å²) >= 11 is 1.69. The Morgan fingerprint density at radius 1 is 1.27 bits per heavy atom. The number of carbonyl (C=O) groups is 2. The SMILES string of the molecule is C[C@@H](CCCc1ccccc1)[C@H](O)/C=C/[C@H]1CCC(=O)N1CCSCCCC(=O)O. The van der Waals surface area contributed by atoms with E-state index in [1.807, 2.05) is 23.1 Å². The lowest BCUT2D eigenvalue weighted by Crippen LogP contribution is -2.34. The minimum Gasteiger partial charge on any atom is -0.481 e. The Morgan fingerprint density at radius 3 is 2.77 bits per heavy atom. The Labute approximate surface area is 184 Å². The number of hydrogen-bond acceptors (Lipinski definition) is 4. The van der Waals surface area contributed by atoms with Crippen molar-refractivity contribution < 1.29 is 19.8 Å². The zero-order valence-electron chi connectivity index (χ0n) is 17.9. The van der Waals surface area contributed by atoms with Crippen molar-refractivity contribution in [3.63, 3.8) is 0 Å². The van der Waals surface area contributed by atoms with Crippen molar-refractivity contribution in [3.8, 4) is 0 Å². The number of aliphatic carboxylic acids is 1. The van der Waals surface area contributed by atoms with E-state index in [-0.39, 0.29) is 24.3 Å². The van der Waals surface area contributed by atoms with Gasteiger partial charge in [0.25, 0.3) is 0 Å². The second-order valence-corrected chi connectivity index (χ2v) is 9.26. The molecule has 1 aromatic carbocycles. The normalized spacial score (nSPS) is 18.8. The standard InChI is InChI=1S/C24H35NO4S/c1-19(7-5-10-20-8-3-2-4-9-20)22(26)14-12-21-13-15-23(27)25(21)16-18-30-17-6-11-24(28)29/h2-4,8-9,12,14,19,21-22,26H,5-7,10-11,13,15-18H2,1H3,(H,28,29)/b14-12+/t19-,21-,22+/m0/s1. The predicted molar refractivity (Wildman–Crippen MR) is 123 cm³/mol. The number of likely N-dealkylation sites (tertiary alicyclic amines) is 1. The Kier molecular flexibility index (Phi) is 11.0. The first kappa shape index (κ1) is 24.5. The maximum atomic E-state index is 12.2. The highest BCUT2D eigenvalue weighted by Crippen LogP contribution is 2.22. The van der Waals surface area contributed by atoms with E-state index in [9.17, 15) is 14.7 Å². The molecule has 1 aliphatic heterocycles. The Bertz CT molecular complexity index is 679. The van der Waals surface area contributed by atoms with Crippen molar-refractivity contribution in [2.75, 3.05) is 18.1 Å². The summed E-state index contributed by atoms with van der Waals surface area (Å²) in [6, 6.07) is 10.5. The largest absolute Gasteiger partial charge is 0.481 e. The summed E-state index contributed by atoms with van der Waals surface area (Å²) in [5, 5.41) is 19.2. The second kappa shape index (κ2) is 13.5. The van der Waals surface area contributed by atoms with Crippen molar-refractivity contribution in [1.29, 1.82) is 0 Å². The lowest BCUT2D eigenvalue weighted by atomic mass is 9.95. The van der Waals surface area contributed by atoms with E-state index in [1.165, 1.54) is 5.56 Å². The molecule has 2 rings (SSSR count). The smallest absolute Gasteiger partial charge is 0.303 e. The highest BCUT2D eigenvalue weighted by molar-refractivity contribution is 7.99. The van der Waals surface area contributed by atoms with E-state index >= 15 is 0 Å². The van der Waals surface area contributed by atoms with E-state index in [1.54, 1.807) is 11.8 Å². The number of rotatable bonds is 14. The van der Waals surface area contributed by atoms with Gasteiger partial charge in [0.1, 0.15) is 0 Å². The van der Waals surface area contributed by atoms with Crippen LogP contribution in [0.3, 0.4) is 0 Å². The van der Waals surface area contributed by atoms with Crippen LogP contribution in [0.2, 0.25) is 0 Å². The summed E-state index contributed by atoms with van der Waals surface area (Å²) < 4.78 is 0. The molecular weight excluding hydrogens is 398 g/mol. The van der Waals surface area contributed by atoms with Crippen LogP contribution in [0.4, 0.5) is 0 Å². The summed E-state index contributed by atoms with van der Waals surface area (Å²) in [5.74, 6) is 1.20. The Balaban J connectivity index is 1.70. The highest BCUT2D eigenvalue weighted by Gasteiger charge is 2.28. The maximum absolute atomic E-state index is 12.2. The molecule has 0 aromatic heterocycles. The fourth-order valence-corrected chi connectivity index (χ4v) is 4.59. The molecule has 0 aliphatic carbocycles. The number of carboxylic acids is 1. The van der Waals surface area contributed by atoms with Gasteiger partial charge in [-0.2, -0.15) is 11.8 Å². The number of thioether (sulfide) groups is 1. The molecule has 30 heavy (non-hydrogen) atoms. The van der Waals surface area contributed by atoms with Gasteiger partial charge in [0.2, 0.25) is 5.91 Å². The van der Waals surface area contributed by atoms with E-state index in [0.29, 0.717) is 19.4 Å². The van der Waals surface area contributed by atoms with Crippen LogP contribution >= 0.6 is 11.8 Å². The number of carbonyl (C=O) groups excluding carboxylic acids is 1. The van der Waals surface area contributed by atoms with Gasteiger partial charge in [-0.1, -0.05) is 49.4 Å². The van der Waals surface area contributed by atoms with Gasteiger partial charge in [0, 0.05) is 25.1 Å². The molecule has 2 N–H and O–H groups in total. The minimum absolute atomic E-state index is 0.0586. The van der Waals surface area contributed by atoms with Crippen LogP contribution < -0.4 is 0 Å². The van der Waals surface area contributed by atoms with Crippen molar-refractivity contribution in [2.45, 2.75) is 64.0 Å². The molecule has 1 fully saturated rings. The van der Waals surface area contributed by atoms with E-state index in [2.05, 4.69) is 31.2 Å². The molecule has 0 bridgehead atoms. The number of amides is 1. The van der Waals surface area contributed by atoms with Gasteiger partial charge in [-0.3, -0.25) is 9.59 Å². The van der Waals surface area contributed by atoms with Crippen LogP contribution in [0, 0.1) is 5.92 Å². The van der Waals surface area contributed by atoms with E-state index < -0.39 is 12.1 Å². The molecule has 6 heteroatoms. The number of aliphatic hydroxyl groups is 1. The third-order valence-electron chi connectivity index (χ3n) is 5.61. The molecular formula is C24H35NO4S. The number of carboxylic acid groups (broad SMARTS) is 1. The average Bonchev–Trinajstić information content (AvgIpc) is 3.08. The zero-order chi connectivity index (χ0) is 21.8. The first-order valence-corrected chi connectivity index (χ1v) is 12.1. The highest BCUT2D eigenvalue weighted by atomic mass is 32.2. The van der Waals surface area contributed by atoms with Gasteiger partial charge in [0.15, 0.2) is 0 Å². The number of benzene rings is 1. The first-order chi connectivity index (χ1) is 14.5. The zero-order valence-corrected chi connectivity index (χ0v) is 18.7. The quantitative estimate of drug-likeness (QED) is 0.340. The summed E-state index contributed by atoms with van der Waals surface area (Å²) in [5.41, 5.74) is 1.33. The molecule has 1 aliphatic rings. The molecule has 0 unspecified atom stereocenters. The van der Waals surface area contributed by atoms with Gasteiger partial charge in [-0.25, -0.2) is 0 Å². The molecule has 166 valence electrons. The molecule has 1 saturated heterocycles. The number of hydrogen-bond donors (Lipinski definition) is 2. The predicted octanol–water partition coefficient (Wildman–Crippen LogP) is 4.15. The van der Waals surface area contributed by atoms with Gasteiger partial charge in [0.05, 0.1) is 12.1 Å². The molecule has 3 atom stereocenters. The third-order valence-corrected chi connectivity index (χ3v) is 6.66. The third kappa shape index (κ3) is 8.92. The van der Waals surface area contributed by atoms with Gasteiger partial charge < -0.3 is 15.1 Å². The monoisotopic (exact) mass is 433 g/mol. The van der Waals surface area contributed by atoms with Crippen molar-refractivity contribution in [2.24, 2.45) is 5.92 Å². The first-order valence-electron chi connectivity index (χ1n) is 11.0. The van der Waals surface area contributed by atoms with Crippen LogP contribution in [0.25, 0.3) is 0 Å². The maximum Gasteiger partial charge on any atom is 0.303 e. The van der Waals surface area contributed by atoms with Gasteiger partial charge in [-0.05, 0) is 49.3 Å². The molecule has 1 aromatic rings. The van der Waals surface area contributed by atoms with E-state index in [4.69, 9.17) is 5.11 Å². The van der Waals surface area contributed by atoms with Crippen molar-refractivity contribution in [1.82, 2.24) is 4.90 Å². The van der Waals surface area contributed by atoms with E-state index in [0.717, 1.165) is 37.2 Å². The lowest BCUT2D eigenvalue weighted by Gasteiger charge is -2.23.